The van der Waals surface area contributed by atoms with Gasteiger partial charge in [-0.25, -0.2) is 0 Å². The van der Waals surface area contributed by atoms with Crippen LogP contribution < -0.4 is 10.2 Å². The number of carbonyl (C=O) groups excluding carboxylic acids is 1. The minimum Gasteiger partial charge on any atom is -0.378 e. The van der Waals surface area contributed by atoms with Crippen LogP contribution in [0.4, 0.5) is 11.9 Å². The van der Waals surface area contributed by atoms with Crippen molar-refractivity contribution in [1.82, 2.24) is 30.0 Å². The quantitative estimate of drug-likeness (QED) is 0.638. The summed E-state index contributed by atoms with van der Waals surface area (Å²) in [4.78, 5) is 29.4. The van der Waals surface area contributed by atoms with Crippen LogP contribution in [0.3, 0.4) is 0 Å². The molecule has 0 atom stereocenters. The average Bonchev–Trinajstić information content (AvgIpc) is 3.23. The monoisotopic (exact) mass is 396 g/mol. The first-order valence-corrected chi connectivity index (χ1v) is 9.57. The van der Waals surface area contributed by atoms with Crippen LogP contribution in [0, 0.1) is 0 Å². The first-order chi connectivity index (χ1) is 14.1. The largest absolute Gasteiger partial charge is 0.378 e. The topological polar surface area (TPSA) is 112 Å². The fourth-order valence-electron chi connectivity index (χ4n) is 3.14. The van der Waals surface area contributed by atoms with Crippen molar-refractivity contribution in [3.8, 4) is 11.4 Å². The number of nitrogens with one attached hydrogen (secondary N) is 2. The van der Waals surface area contributed by atoms with E-state index in [9.17, 15) is 4.79 Å². The molecule has 2 aromatic heterocycles. The number of H-pyrrole nitrogens is 1. The second-order valence-electron chi connectivity index (χ2n) is 6.98. The minimum absolute atomic E-state index is 0.0448. The van der Waals surface area contributed by atoms with Crippen molar-refractivity contribution in [2.24, 2.45) is 0 Å². The van der Waals surface area contributed by atoms with E-state index in [1.807, 2.05) is 18.2 Å². The summed E-state index contributed by atoms with van der Waals surface area (Å²) in [5.74, 6) is 1.65. The van der Waals surface area contributed by atoms with Crippen molar-refractivity contribution in [1.29, 1.82) is 0 Å². The van der Waals surface area contributed by atoms with E-state index in [1.54, 1.807) is 25.2 Å². The molecule has 3 aromatic rings. The summed E-state index contributed by atoms with van der Waals surface area (Å²) in [6, 6.07) is 5.87. The van der Waals surface area contributed by atoms with E-state index >= 15 is 0 Å². The maximum absolute atomic E-state index is 11.9. The number of ether oxygens (including phenoxy) is 1. The fourth-order valence-corrected chi connectivity index (χ4v) is 3.14. The van der Waals surface area contributed by atoms with Gasteiger partial charge in [0.2, 0.25) is 17.8 Å². The third-order valence-electron chi connectivity index (χ3n) is 4.76. The molecular weight excluding hydrogens is 372 g/mol. The minimum atomic E-state index is 0.0448. The first-order valence-electron chi connectivity index (χ1n) is 9.57. The van der Waals surface area contributed by atoms with E-state index in [0.717, 1.165) is 29.6 Å². The van der Waals surface area contributed by atoms with Crippen LogP contribution in [0.5, 0.6) is 0 Å². The number of carbonyl (C=O) groups is 1. The maximum atomic E-state index is 11.9. The molecule has 29 heavy (non-hydrogen) atoms. The van der Waals surface area contributed by atoms with Gasteiger partial charge in [-0.15, -0.1) is 0 Å². The van der Waals surface area contributed by atoms with Crippen LogP contribution in [0.15, 0.2) is 24.4 Å². The predicted molar refractivity (Wildman–Crippen MR) is 110 cm³/mol. The summed E-state index contributed by atoms with van der Waals surface area (Å²) in [5.41, 5.74) is 1.79. The Morgan fingerprint density at radius 3 is 2.86 bits per heavy atom. The highest BCUT2D eigenvalue weighted by molar-refractivity contribution is 5.92. The highest BCUT2D eigenvalue weighted by atomic mass is 16.5. The van der Waals surface area contributed by atoms with Gasteiger partial charge < -0.3 is 19.9 Å². The summed E-state index contributed by atoms with van der Waals surface area (Å²) in [7, 11) is 3.48. The molecule has 10 heteroatoms. The molecule has 0 bridgehead atoms. The zero-order valence-corrected chi connectivity index (χ0v) is 16.6. The molecule has 3 heterocycles. The highest BCUT2D eigenvalue weighted by Crippen LogP contribution is 2.27. The van der Waals surface area contributed by atoms with Crippen molar-refractivity contribution in [2.75, 3.05) is 57.2 Å². The molecule has 1 aromatic carbocycles. The Bertz CT molecular complexity index is 997. The Hall–Kier alpha value is -3.27. The number of anilines is 2. The van der Waals surface area contributed by atoms with Crippen LogP contribution in [-0.4, -0.2) is 82.9 Å². The number of hydrogen-bond donors (Lipinski definition) is 2. The van der Waals surface area contributed by atoms with Gasteiger partial charge in [0.05, 0.1) is 24.9 Å². The lowest BCUT2D eigenvalue weighted by Crippen LogP contribution is -2.37. The van der Waals surface area contributed by atoms with E-state index in [2.05, 4.69) is 30.4 Å². The van der Waals surface area contributed by atoms with Crippen molar-refractivity contribution >= 4 is 28.7 Å². The highest BCUT2D eigenvalue weighted by Gasteiger charge is 2.18. The normalized spacial score (nSPS) is 14.2. The fraction of sp³-hybridized carbons (Fsp3) is 0.421. The van der Waals surface area contributed by atoms with Crippen LogP contribution in [0.2, 0.25) is 0 Å². The molecular formula is C19H24N8O2. The Morgan fingerprint density at radius 1 is 1.24 bits per heavy atom. The third kappa shape index (κ3) is 4.27. The smallest absolute Gasteiger partial charge is 0.230 e. The van der Waals surface area contributed by atoms with E-state index in [-0.39, 0.29) is 5.91 Å². The lowest BCUT2D eigenvalue weighted by atomic mass is 10.1. The van der Waals surface area contributed by atoms with Gasteiger partial charge in [-0.2, -0.15) is 20.1 Å². The van der Waals surface area contributed by atoms with Crippen molar-refractivity contribution in [3.63, 3.8) is 0 Å². The van der Waals surface area contributed by atoms with E-state index < -0.39 is 0 Å². The van der Waals surface area contributed by atoms with Gasteiger partial charge in [0.15, 0.2) is 5.82 Å². The summed E-state index contributed by atoms with van der Waals surface area (Å²) in [6.45, 7) is 3.16. The van der Waals surface area contributed by atoms with Gasteiger partial charge in [0.1, 0.15) is 0 Å². The molecule has 4 rings (SSSR count). The number of benzene rings is 1. The third-order valence-corrected chi connectivity index (χ3v) is 4.76. The van der Waals surface area contributed by atoms with E-state index in [0.29, 0.717) is 43.9 Å². The lowest BCUT2D eigenvalue weighted by Gasteiger charge is -2.27. The number of morpholine rings is 1. The lowest BCUT2D eigenvalue weighted by molar-refractivity contribution is -0.128. The molecule has 1 amide bonds. The molecule has 10 nitrogen and oxygen atoms in total. The van der Waals surface area contributed by atoms with Gasteiger partial charge in [-0.1, -0.05) is 12.1 Å². The SMILES string of the molecule is CN(C)C(=O)CCNc1nc(-c2cccc3[nH]ncc23)nc(N2CCOCC2)n1. The molecule has 0 aliphatic carbocycles. The Labute approximate surface area is 168 Å². The van der Waals surface area contributed by atoms with Crippen LogP contribution in [0.1, 0.15) is 6.42 Å². The van der Waals surface area contributed by atoms with Gasteiger partial charge >= 0.3 is 0 Å². The second-order valence-corrected chi connectivity index (χ2v) is 6.98. The van der Waals surface area contributed by atoms with E-state index in [1.165, 1.54) is 0 Å². The van der Waals surface area contributed by atoms with E-state index in [4.69, 9.17) is 9.72 Å². The van der Waals surface area contributed by atoms with Gasteiger partial charge in [0.25, 0.3) is 0 Å². The average molecular weight is 396 g/mol. The van der Waals surface area contributed by atoms with Crippen molar-refractivity contribution in [2.45, 2.75) is 6.42 Å². The van der Waals surface area contributed by atoms with Crippen LogP contribution in [-0.2, 0) is 9.53 Å². The Kier molecular flexibility index (Phi) is 5.52. The molecule has 152 valence electrons. The molecule has 1 saturated heterocycles. The van der Waals surface area contributed by atoms with Crippen molar-refractivity contribution in [3.05, 3.63) is 24.4 Å². The van der Waals surface area contributed by atoms with Crippen LogP contribution in [0.25, 0.3) is 22.3 Å². The van der Waals surface area contributed by atoms with Gasteiger partial charge in [-0.05, 0) is 6.07 Å². The zero-order valence-electron chi connectivity index (χ0n) is 16.6. The maximum Gasteiger partial charge on any atom is 0.230 e. The van der Waals surface area contributed by atoms with Gasteiger partial charge in [0, 0.05) is 51.1 Å². The number of rotatable bonds is 6. The predicted octanol–water partition coefficient (Wildman–Crippen LogP) is 1.14. The molecule has 0 unspecified atom stereocenters. The number of fused-ring (bicyclic) bond motifs is 1. The first kappa shape index (κ1) is 19.1. The molecule has 1 aliphatic heterocycles. The number of aromatic amines is 1. The summed E-state index contributed by atoms with van der Waals surface area (Å²) in [5, 5.41) is 11.2. The molecule has 0 saturated carbocycles. The van der Waals surface area contributed by atoms with Crippen molar-refractivity contribution < 1.29 is 9.53 Å². The zero-order chi connectivity index (χ0) is 20.2. The summed E-state index contributed by atoms with van der Waals surface area (Å²) in [6.07, 6.45) is 2.13. The molecule has 2 N–H and O–H groups in total. The summed E-state index contributed by atoms with van der Waals surface area (Å²) < 4.78 is 5.44. The molecule has 1 fully saturated rings. The summed E-state index contributed by atoms with van der Waals surface area (Å²) >= 11 is 0. The Balaban J connectivity index is 1.66. The van der Waals surface area contributed by atoms with Gasteiger partial charge in [-0.3, -0.25) is 9.89 Å². The molecule has 1 aliphatic rings. The number of aromatic nitrogens is 5. The molecule has 0 radical (unpaired) electrons. The number of nitrogens with zero attached hydrogens (tertiary/aromatic N) is 6. The molecule has 0 spiro atoms. The number of hydrogen-bond acceptors (Lipinski definition) is 8. The second kappa shape index (κ2) is 8.39. The standard InChI is InChI=1S/C19H24N8O2/c1-26(2)16(28)6-7-20-18-22-17(13-4-3-5-15-14(13)12-21-25-15)23-19(24-18)27-8-10-29-11-9-27/h3-5,12H,6-11H2,1-2H3,(H,21,25)(H,20,22,23,24). The number of amides is 1. The van der Waals surface area contributed by atoms with Crippen LogP contribution >= 0.6 is 0 Å². The Morgan fingerprint density at radius 2 is 2.07 bits per heavy atom.